The first-order chi connectivity index (χ1) is 16.6. The largest absolute Gasteiger partial charge is 0.508 e. The number of rotatable bonds is 9. The van der Waals surface area contributed by atoms with Gasteiger partial charge >= 0.3 is 5.97 Å². The Hall–Kier alpha value is -3.61. The number of hydrogen-bond acceptors (Lipinski definition) is 5. The molecule has 34 heavy (non-hydrogen) atoms. The number of phenolic OH excluding ortho intramolecular Hbond substituents is 1. The summed E-state index contributed by atoms with van der Waals surface area (Å²) in [4.78, 5) is 10.7. The zero-order valence-corrected chi connectivity index (χ0v) is 18.8. The van der Waals surface area contributed by atoms with Crippen molar-refractivity contribution in [3.05, 3.63) is 102 Å². The quantitative estimate of drug-likeness (QED) is 0.323. The molecule has 1 saturated heterocycles. The van der Waals surface area contributed by atoms with Crippen molar-refractivity contribution in [1.82, 2.24) is 0 Å². The zero-order chi connectivity index (χ0) is 23.8. The highest BCUT2D eigenvalue weighted by molar-refractivity contribution is 5.66. The normalized spacial score (nSPS) is 20.3. The van der Waals surface area contributed by atoms with Gasteiger partial charge < -0.3 is 25.0 Å². The number of para-hydroxylation sites is 2. The molecule has 3 aromatic carbocycles. The molecule has 1 aliphatic heterocycles. The second kappa shape index (κ2) is 11.5. The monoisotopic (exact) mass is 459 g/mol. The number of anilines is 2. The van der Waals surface area contributed by atoms with Crippen LogP contribution in [0.25, 0.3) is 0 Å². The lowest BCUT2D eigenvalue weighted by molar-refractivity contribution is -0.244. The fourth-order valence-electron chi connectivity index (χ4n) is 4.01. The molecule has 4 rings (SSSR count). The van der Waals surface area contributed by atoms with Crippen LogP contribution in [0.3, 0.4) is 0 Å². The highest BCUT2D eigenvalue weighted by Crippen LogP contribution is 2.42. The minimum absolute atomic E-state index is 0.00958. The Labute approximate surface area is 199 Å². The van der Waals surface area contributed by atoms with Gasteiger partial charge in [-0.25, -0.2) is 0 Å². The van der Waals surface area contributed by atoms with E-state index in [0.717, 1.165) is 22.5 Å². The van der Waals surface area contributed by atoms with Gasteiger partial charge in [-0.2, -0.15) is 0 Å². The van der Waals surface area contributed by atoms with Crippen LogP contribution in [-0.2, 0) is 14.3 Å². The molecule has 6 nitrogen and oxygen atoms in total. The lowest BCUT2D eigenvalue weighted by Gasteiger charge is -2.37. The van der Waals surface area contributed by atoms with Gasteiger partial charge in [0.1, 0.15) is 5.75 Å². The van der Waals surface area contributed by atoms with Crippen LogP contribution in [0.15, 0.2) is 91.0 Å². The summed E-state index contributed by atoms with van der Waals surface area (Å²) in [6.07, 6.45) is 4.18. The van der Waals surface area contributed by atoms with Crippen LogP contribution in [0.1, 0.15) is 42.8 Å². The molecular weight excluding hydrogens is 430 g/mol. The van der Waals surface area contributed by atoms with E-state index in [1.54, 1.807) is 12.1 Å². The molecular formula is C28H29NO5. The number of carbonyl (C=O) groups is 1. The van der Waals surface area contributed by atoms with Crippen molar-refractivity contribution in [1.29, 1.82) is 0 Å². The third-order valence-electron chi connectivity index (χ3n) is 5.78. The van der Waals surface area contributed by atoms with Crippen molar-refractivity contribution >= 4 is 17.3 Å². The Morgan fingerprint density at radius 3 is 2.38 bits per heavy atom. The summed E-state index contributed by atoms with van der Waals surface area (Å²) >= 11 is 0. The molecule has 1 heterocycles. The van der Waals surface area contributed by atoms with Crippen LogP contribution in [-0.4, -0.2) is 22.8 Å². The lowest BCUT2D eigenvalue weighted by Crippen LogP contribution is -2.30. The number of allylic oxidation sites excluding steroid dienone is 2. The first-order valence-corrected chi connectivity index (χ1v) is 11.4. The van der Waals surface area contributed by atoms with E-state index >= 15 is 0 Å². The van der Waals surface area contributed by atoms with Crippen molar-refractivity contribution in [2.45, 2.75) is 31.7 Å². The Morgan fingerprint density at radius 2 is 1.65 bits per heavy atom. The fraction of sp³-hybridized carbons (Fsp3) is 0.250. The Balaban J connectivity index is 1.46. The Bertz CT molecular complexity index is 1100. The molecule has 0 bridgehead atoms. The molecule has 0 aromatic heterocycles. The van der Waals surface area contributed by atoms with Crippen molar-refractivity contribution < 1.29 is 24.5 Å². The van der Waals surface area contributed by atoms with E-state index in [-0.39, 0.29) is 24.2 Å². The van der Waals surface area contributed by atoms with Crippen molar-refractivity contribution in [3.63, 3.8) is 0 Å². The van der Waals surface area contributed by atoms with Crippen molar-refractivity contribution in [2.75, 3.05) is 11.9 Å². The van der Waals surface area contributed by atoms with Gasteiger partial charge in [0.25, 0.3) is 0 Å². The third-order valence-corrected chi connectivity index (χ3v) is 5.78. The molecule has 3 N–H and O–H groups in total. The topological polar surface area (TPSA) is 88.0 Å². The van der Waals surface area contributed by atoms with Crippen LogP contribution >= 0.6 is 0 Å². The SMILES string of the molecule is O=C(O)CCC=CCC1COC(c2ccc(Nc3ccccc3)cc2)OC1c1ccccc1O. The summed E-state index contributed by atoms with van der Waals surface area (Å²) in [5.74, 6) is -0.631. The molecule has 0 aliphatic carbocycles. The number of carboxylic acid groups (broad SMARTS) is 1. The van der Waals surface area contributed by atoms with Gasteiger partial charge in [-0.05, 0) is 43.2 Å². The maximum absolute atomic E-state index is 10.7. The number of benzene rings is 3. The van der Waals surface area contributed by atoms with E-state index in [1.807, 2.05) is 78.9 Å². The lowest BCUT2D eigenvalue weighted by atomic mass is 9.91. The molecule has 3 unspecified atom stereocenters. The van der Waals surface area contributed by atoms with Gasteiger partial charge in [0.05, 0.1) is 12.7 Å². The third kappa shape index (κ3) is 6.25. The maximum Gasteiger partial charge on any atom is 0.303 e. The molecule has 1 fully saturated rings. The first-order valence-electron chi connectivity index (χ1n) is 11.4. The number of aliphatic carboxylic acids is 1. The van der Waals surface area contributed by atoms with Crippen LogP contribution in [0.4, 0.5) is 11.4 Å². The fourth-order valence-corrected chi connectivity index (χ4v) is 4.01. The van der Waals surface area contributed by atoms with E-state index in [1.165, 1.54) is 0 Å². The van der Waals surface area contributed by atoms with Gasteiger partial charge in [0.15, 0.2) is 6.29 Å². The van der Waals surface area contributed by atoms with Gasteiger partial charge in [0.2, 0.25) is 0 Å². The minimum atomic E-state index is -0.811. The molecule has 176 valence electrons. The summed E-state index contributed by atoms with van der Waals surface area (Å²) in [6, 6.07) is 25.1. The summed E-state index contributed by atoms with van der Waals surface area (Å²) in [5.41, 5.74) is 3.60. The highest BCUT2D eigenvalue weighted by Gasteiger charge is 2.34. The van der Waals surface area contributed by atoms with E-state index < -0.39 is 12.3 Å². The molecule has 0 radical (unpaired) electrons. The first kappa shape index (κ1) is 23.5. The molecule has 0 amide bonds. The average Bonchev–Trinajstić information content (AvgIpc) is 2.85. The summed E-state index contributed by atoms with van der Waals surface area (Å²) in [7, 11) is 0. The molecule has 1 aliphatic rings. The van der Waals surface area contributed by atoms with Gasteiger partial charge in [-0.15, -0.1) is 0 Å². The average molecular weight is 460 g/mol. The zero-order valence-electron chi connectivity index (χ0n) is 18.8. The Kier molecular flexibility index (Phi) is 7.96. The maximum atomic E-state index is 10.7. The van der Waals surface area contributed by atoms with E-state index in [0.29, 0.717) is 19.4 Å². The second-order valence-corrected chi connectivity index (χ2v) is 8.29. The smallest absolute Gasteiger partial charge is 0.303 e. The predicted octanol–water partition coefficient (Wildman–Crippen LogP) is 6.35. The standard InChI is InChI=1S/C28H29NO5/c30-25-13-8-7-12-24(25)27-21(9-3-1-6-14-26(31)32)19-33-28(34-27)20-15-17-23(18-16-20)29-22-10-4-2-5-11-22/h1-5,7-8,10-13,15-18,21,27-30H,6,9,14,19H2,(H,31,32). The molecule has 3 atom stereocenters. The molecule has 0 saturated carbocycles. The Morgan fingerprint density at radius 1 is 0.941 bits per heavy atom. The predicted molar refractivity (Wildman–Crippen MR) is 131 cm³/mol. The van der Waals surface area contributed by atoms with Crippen LogP contribution in [0.2, 0.25) is 0 Å². The van der Waals surface area contributed by atoms with Crippen LogP contribution < -0.4 is 5.32 Å². The second-order valence-electron chi connectivity index (χ2n) is 8.29. The van der Waals surface area contributed by atoms with Gasteiger partial charge in [-0.3, -0.25) is 4.79 Å². The summed E-state index contributed by atoms with van der Waals surface area (Å²) in [5, 5.41) is 22.6. The minimum Gasteiger partial charge on any atom is -0.508 e. The van der Waals surface area contributed by atoms with Crippen LogP contribution in [0, 0.1) is 5.92 Å². The van der Waals surface area contributed by atoms with Gasteiger partial charge in [-0.1, -0.05) is 60.7 Å². The van der Waals surface area contributed by atoms with Crippen molar-refractivity contribution in [3.8, 4) is 5.75 Å². The summed E-state index contributed by atoms with van der Waals surface area (Å²) in [6.45, 7) is 0.455. The molecule has 0 spiro atoms. The number of phenols is 1. The van der Waals surface area contributed by atoms with E-state index in [4.69, 9.17) is 14.6 Å². The number of carboxylic acids is 1. The number of ether oxygens (including phenoxy) is 2. The summed E-state index contributed by atoms with van der Waals surface area (Å²) < 4.78 is 12.4. The van der Waals surface area contributed by atoms with Crippen LogP contribution in [0.5, 0.6) is 5.75 Å². The molecule has 6 heteroatoms. The number of nitrogens with one attached hydrogen (secondary N) is 1. The van der Waals surface area contributed by atoms with Crippen molar-refractivity contribution in [2.24, 2.45) is 5.92 Å². The molecule has 3 aromatic rings. The number of hydrogen-bond donors (Lipinski definition) is 3. The van der Waals surface area contributed by atoms with E-state index in [2.05, 4.69) is 5.32 Å². The highest BCUT2D eigenvalue weighted by atomic mass is 16.7. The number of aromatic hydroxyl groups is 1. The van der Waals surface area contributed by atoms with E-state index in [9.17, 15) is 9.90 Å². The van der Waals surface area contributed by atoms with Gasteiger partial charge in [0, 0.05) is 34.8 Å².